The van der Waals surface area contributed by atoms with E-state index in [1.807, 2.05) is 48.7 Å². The summed E-state index contributed by atoms with van der Waals surface area (Å²) >= 11 is 6.18. The second-order valence-electron chi connectivity index (χ2n) is 6.97. The summed E-state index contributed by atoms with van der Waals surface area (Å²) in [6.45, 7) is 0.760. The average Bonchev–Trinajstić information content (AvgIpc) is 3.08. The van der Waals surface area contributed by atoms with Gasteiger partial charge in [0.1, 0.15) is 0 Å². The summed E-state index contributed by atoms with van der Waals surface area (Å²) in [5, 5.41) is 8.40. The maximum Gasteiger partial charge on any atom is 0.224 e. The Bertz CT molecular complexity index is 936. The summed E-state index contributed by atoms with van der Waals surface area (Å²) in [6.07, 6.45) is 5.20. The molecule has 4 nitrogen and oxygen atoms in total. The number of benzene rings is 2. The molecule has 3 aromatic rings. The van der Waals surface area contributed by atoms with Gasteiger partial charge in [-0.15, -0.1) is 0 Å². The molecule has 0 aliphatic heterocycles. The van der Waals surface area contributed by atoms with Crippen molar-refractivity contribution < 1.29 is 4.79 Å². The highest BCUT2D eigenvalue weighted by molar-refractivity contribution is 6.31. The van der Waals surface area contributed by atoms with Gasteiger partial charge in [-0.2, -0.15) is 5.10 Å². The third-order valence-corrected chi connectivity index (χ3v) is 5.45. The minimum Gasteiger partial charge on any atom is -0.349 e. The molecular formula is C22H22ClN3O. The zero-order chi connectivity index (χ0) is 18.6. The number of fused-ring (bicyclic) bond motifs is 1. The lowest BCUT2D eigenvalue weighted by Gasteiger charge is -2.24. The molecule has 0 saturated heterocycles. The predicted molar refractivity (Wildman–Crippen MR) is 107 cm³/mol. The molecule has 1 heterocycles. The highest BCUT2D eigenvalue weighted by atomic mass is 35.5. The van der Waals surface area contributed by atoms with Gasteiger partial charge in [-0.05, 0) is 36.5 Å². The van der Waals surface area contributed by atoms with E-state index >= 15 is 0 Å². The minimum atomic E-state index is -0.00300. The third kappa shape index (κ3) is 4.06. The van der Waals surface area contributed by atoms with Gasteiger partial charge in [-0.25, -0.2) is 0 Å². The van der Waals surface area contributed by atoms with Crippen LogP contribution < -0.4 is 5.32 Å². The van der Waals surface area contributed by atoms with E-state index < -0.39 is 0 Å². The maximum atomic E-state index is 12.5. The molecule has 0 bridgehead atoms. The second-order valence-corrected chi connectivity index (χ2v) is 7.38. The molecule has 27 heavy (non-hydrogen) atoms. The summed E-state index contributed by atoms with van der Waals surface area (Å²) < 4.78 is 2.07. The first-order valence-corrected chi connectivity index (χ1v) is 9.70. The molecule has 1 amide bonds. The Hall–Kier alpha value is -2.59. The van der Waals surface area contributed by atoms with Crippen molar-refractivity contribution in [3.05, 3.63) is 88.2 Å². The van der Waals surface area contributed by atoms with Crippen molar-refractivity contribution in [1.29, 1.82) is 0 Å². The Labute approximate surface area is 164 Å². The quantitative estimate of drug-likeness (QED) is 0.717. The molecule has 0 unspecified atom stereocenters. The van der Waals surface area contributed by atoms with Crippen molar-refractivity contribution in [1.82, 2.24) is 15.1 Å². The number of amides is 1. The first-order chi connectivity index (χ1) is 13.2. The summed E-state index contributed by atoms with van der Waals surface area (Å²) in [4.78, 5) is 12.5. The first-order valence-electron chi connectivity index (χ1n) is 9.32. The fraction of sp³-hybridized carbons (Fsp3) is 0.273. The first kappa shape index (κ1) is 17.8. The van der Waals surface area contributed by atoms with Crippen LogP contribution in [0.15, 0.2) is 60.8 Å². The van der Waals surface area contributed by atoms with Crippen LogP contribution in [-0.2, 0) is 24.2 Å². The van der Waals surface area contributed by atoms with Crippen LogP contribution in [-0.4, -0.2) is 15.7 Å². The van der Waals surface area contributed by atoms with Crippen LogP contribution >= 0.6 is 11.6 Å². The third-order valence-electron chi connectivity index (χ3n) is 5.08. The minimum absolute atomic E-state index is 0.00300. The number of hydrogen-bond acceptors (Lipinski definition) is 2. The monoisotopic (exact) mass is 379 g/mol. The van der Waals surface area contributed by atoms with E-state index in [4.69, 9.17) is 11.6 Å². The molecule has 1 aromatic heterocycles. The van der Waals surface area contributed by atoms with Gasteiger partial charge in [0, 0.05) is 16.3 Å². The summed E-state index contributed by atoms with van der Waals surface area (Å²) in [5.41, 5.74) is 4.46. The number of hydrogen-bond donors (Lipinski definition) is 1. The molecule has 5 heteroatoms. The Balaban J connectivity index is 1.47. The lowest BCUT2D eigenvalue weighted by atomic mass is 9.92. The van der Waals surface area contributed by atoms with E-state index in [1.54, 1.807) is 0 Å². The maximum absolute atomic E-state index is 12.5. The SMILES string of the molecule is O=C(Cc1ccccc1Cl)N[C@@H]1CCCc2c1cnn2Cc1ccccc1. The van der Waals surface area contributed by atoms with E-state index in [1.165, 1.54) is 11.3 Å². The molecule has 138 valence electrons. The van der Waals surface area contributed by atoms with Gasteiger partial charge >= 0.3 is 0 Å². The fourth-order valence-electron chi connectivity index (χ4n) is 3.72. The van der Waals surface area contributed by atoms with Gasteiger partial charge in [-0.1, -0.05) is 60.1 Å². The lowest BCUT2D eigenvalue weighted by Crippen LogP contribution is -2.32. The molecular weight excluding hydrogens is 358 g/mol. The zero-order valence-electron chi connectivity index (χ0n) is 15.1. The van der Waals surface area contributed by atoms with Crippen molar-refractivity contribution >= 4 is 17.5 Å². The molecule has 1 atom stereocenters. The van der Waals surface area contributed by atoms with Crippen molar-refractivity contribution in [2.75, 3.05) is 0 Å². The number of nitrogens with zero attached hydrogens (tertiary/aromatic N) is 2. The predicted octanol–water partition coefficient (Wildman–Crippen LogP) is 4.32. The molecule has 0 spiro atoms. The van der Waals surface area contributed by atoms with Gasteiger partial charge in [0.05, 0.1) is 25.2 Å². The number of carbonyl (C=O) groups excluding carboxylic acids is 1. The number of aromatic nitrogens is 2. The molecule has 1 aliphatic rings. The van der Waals surface area contributed by atoms with Crippen molar-refractivity contribution in [2.45, 2.75) is 38.3 Å². The van der Waals surface area contributed by atoms with E-state index in [0.717, 1.165) is 36.9 Å². The molecule has 4 rings (SSSR count). The molecule has 0 radical (unpaired) electrons. The van der Waals surface area contributed by atoms with E-state index in [-0.39, 0.29) is 11.9 Å². The van der Waals surface area contributed by atoms with Gasteiger partial charge in [0.25, 0.3) is 0 Å². The van der Waals surface area contributed by atoms with Crippen LogP contribution in [0.4, 0.5) is 0 Å². The van der Waals surface area contributed by atoms with Crippen LogP contribution in [0.3, 0.4) is 0 Å². The summed E-state index contributed by atoms with van der Waals surface area (Å²) in [6, 6.07) is 17.8. The number of nitrogens with one attached hydrogen (secondary N) is 1. The van der Waals surface area contributed by atoms with Crippen LogP contribution in [0, 0.1) is 0 Å². The Morgan fingerprint density at radius 1 is 1.15 bits per heavy atom. The van der Waals surface area contributed by atoms with Gasteiger partial charge in [0.2, 0.25) is 5.91 Å². The molecule has 0 fully saturated rings. The van der Waals surface area contributed by atoms with E-state index in [9.17, 15) is 4.79 Å². The van der Waals surface area contributed by atoms with Crippen LogP contribution in [0.5, 0.6) is 0 Å². The fourth-order valence-corrected chi connectivity index (χ4v) is 3.92. The Kier molecular flexibility index (Phi) is 5.26. The van der Waals surface area contributed by atoms with Gasteiger partial charge in [0.15, 0.2) is 0 Å². The average molecular weight is 380 g/mol. The Morgan fingerprint density at radius 2 is 1.93 bits per heavy atom. The van der Waals surface area contributed by atoms with Crippen molar-refractivity contribution in [3.8, 4) is 0 Å². The largest absolute Gasteiger partial charge is 0.349 e. The molecule has 2 aromatic carbocycles. The summed E-state index contributed by atoms with van der Waals surface area (Å²) in [5.74, 6) is -0.00300. The zero-order valence-corrected chi connectivity index (χ0v) is 15.8. The van der Waals surface area contributed by atoms with Crippen LogP contribution in [0.25, 0.3) is 0 Å². The second kappa shape index (κ2) is 7.97. The normalized spacial score (nSPS) is 16.0. The van der Waals surface area contributed by atoms with Gasteiger partial charge < -0.3 is 5.32 Å². The molecule has 0 saturated carbocycles. The van der Waals surface area contributed by atoms with Gasteiger partial charge in [-0.3, -0.25) is 9.48 Å². The number of halogens is 1. The smallest absolute Gasteiger partial charge is 0.224 e. The lowest BCUT2D eigenvalue weighted by molar-refractivity contribution is -0.121. The highest BCUT2D eigenvalue weighted by Crippen LogP contribution is 2.30. The van der Waals surface area contributed by atoms with E-state index in [2.05, 4.69) is 27.2 Å². The Morgan fingerprint density at radius 3 is 2.74 bits per heavy atom. The van der Waals surface area contributed by atoms with Crippen LogP contribution in [0.1, 0.15) is 41.3 Å². The molecule has 1 N–H and O–H groups in total. The highest BCUT2D eigenvalue weighted by Gasteiger charge is 2.25. The standard InChI is InChI=1S/C22H22ClN3O/c23-19-10-5-4-9-17(19)13-22(27)25-20-11-6-12-21-18(20)14-24-26(21)15-16-7-2-1-3-8-16/h1-5,7-10,14,20H,6,11-13,15H2,(H,25,27)/t20-/m1/s1. The van der Waals surface area contributed by atoms with E-state index in [0.29, 0.717) is 11.4 Å². The topological polar surface area (TPSA) is 46.9 Å². The van der Waals surface area contributed by atoms with Crippen molar-refractivity contribution in [3.63, 3.8) is 0 Å². The number of rotatable bonds is 5. The van der Waals surface area contributed by atoms with Crippen LogP contribution in [0.2, 0.25) is 5.02 Å². The van der Waals surface area contributed by atoms with Crippen molar-refractivity contribution in [2.24, 2.45) is 0 Å². The number of carbonyl (C=O) groups is 1. The molecule has 1 aliphatic carbocycles. The summed E-state index contributed by atoms with van der Waals surface area (Å²) in [7, 11) is 0.